The van der Waals surface area contributed by atoms with Gasteiger partial charge in [-0.3, -0.25) is 14.6 Å². The molecule has 1 amide bonds. The lowest BCUT2D eigenvalue weighted by Crippen LogP contribution is -2.19. The smallest absolute Gasteiger partial charge is 0.247 e. The number of aromatic nitrogens is 4. The van der Waals surface area contributed by atoms with Crippen molar-refractivity contribution < 1.29 is 4.79 Å². The number of aryl methyl sites for hydroxylation is 1. The summed E-state index contributed by atoms with van der Waals surface area (Å²) in [5.74, 6) is 0.386. The van der Waals surface area contributed by atoms with Gasteiger partial charge in [-0.1, -0.05) is 0 Å². The van der Waals surface area contributed by atoms with Gasteiger partial charge in [0, 0.05) is 18.8 Å². The summed E-state index contributed by atoms with van der Waals surface area (Å²) in [5.41, 5.74) is 1.84. The van der Waals surface area contributed by atoms with Crippen LogP contribution in [-0.4, -0.2) is 44.9 Å². The van der Waals surface area contributed by atoms with Crippen LogP contribution in [0, 0.1) is 6.92 Å². The van der Waals surface area contributed by atoms with Crippen molar-refractivity contribution in [2.75, 3.05) is 19.4 Å². The van der Waals surface area contributed by atoms with E-state index in [9.17, 15) is 4.79 Å². The topological polar surface area (TPSA) is 78.8 Å². The van der Waals surface area contributed by atoms with Gasteiger partial charge in [0.1, 0.15) is 6.54 Å². The number of carbonyl (C=O) groups excluding carboxylic acids is 1. The minimum absolute atomic E-state index is 0.147. The molecule has 2 heterocycles. The summed E-state index contributed by atoms with van der Waals surface area (Å²) in [6, 6.07) is 3.68. The molecule has 0 bridgehead atoms. The second-order valence-electron chi connectivity index (χ2n) is 4.72. The second kappa shape index (κ2) is 5.66. The van der Waals surface area contributed by atoms with Gasteiger partial charge in [-0.15, -0.1) is 0 Å². The lowest BCUT2D eigenvalue weighted by Gasteiger charge is -2.05. The average Bonchev–Trinajstić information content (AvgIpc) is 2.88. The molecule has 0 aliphatic rings. The number of hydrogen-bond donors (Lipinski definition) is 2. The number of rotatable bonds is 5. The number of anilines is 1. The average molecular weight is 262 g/mol. The van der Waals surface area contributed by atoms with Crippen LogP contribution in [-0.2, 0) is 17.9 Å². The Bertz CT molecular complexity index is 556. The number of nitrogens with one attached hydrogen (secondary N) is 2. The molecule has 2 N–H and O–H groups in total. The Balaban J connectivity index is 1.90. The molecule has 102 valence electrons. The van der Waals surface area contributed by atoms with Crippen LogP contribution < -0.4 is 5.32 Å². The molecule has 0 aliphatic heterocycles. The third-order valence-corrected chi connectivity index (χ3v) is 2.46. The fourth-order valence-electron chi connectivity index (χ4n) is 1.73. The van der Waals surface area contributed by atoms with E-state index in [1.165, 1.54) is 0 Å². The fourth-order valence-corrected chi connectivity index (χ4v) is 1.73. The number of nitrogens with zero attached hydrogens (tertiary/aromatic N) is 4. The zero-order valence-corrected chi connectivity index (χ0v) is 11.3. The van der Waals surface area contributed by atoms with E-state index in [0.717, 1.165) is 17.9 Å². The van der Waals surface area contributed by atoms with E-state index in [1.54, 1.807) is 10.9 Å². The van der Waals surface area contributed by atoms with Crippen molar-refractivity contribution in [3.8, 4) is 0 Å². The van der Waals surface area contributed by atoms with Gasteiger partial charge in [0.25, 0.3) is 0 Å². The van der Waals surface area contributed by atoms with E-state index in [1.807, 2.05) is 38.1 Å². The Morgan fingerprint density at radius 1 is 1.53 bits per heavy atom. The van der Waals surface area contributed by atoms with E-state index >= 15 is 0 Å². The summed E-state index contributed by atoms with van der Waals surface area (Å²) in [7, 11) is 3.94. The molecular formula is C12H18N6O. The van der Waals surface area contributed by atoms with E-state index in [-0.39, 0.29) is 12.5 Å². The standard InChI is InChI=1S/C12H18N6O/c1-9-4-5-18(16-9)8-12(19)13-11-6-10(14-15-11)7-17(2)3/h4-6H,7-8H2,1-3H3,(H2,13,14,15,19). The van der Waals surface area contributed by atoms with Crippen LogP contribution in [0.15, 0.2) is 18.3 Å². The first-order valence-corrected chi connectivity index (χ1v) is 6.02. The summed E-state index contributed by atoms with van der Waals surface area (Å²) < 4.78 is 1.60. The molecule has 7 heteroatoms. The molecule has 0 fully saturated rings. The Hall–Kier alpha value is -2.15. The first kappa shape index (κ1) is 13.3. The second-order valence-corrected chi connectivity index (χ2v) is 4.72. The van der Waals surface area contributed by atoms with Gasteiger partial charge in [0.2, 0.25) is 5.91 Å². The third kappa shape index (κ3) is 3.92. The lowest BCUT2D eigenvalue weighted by molar-refractivity contribution is -0.116. The minimum Gasteiger partial charge on any atom is -0.308 e. The summed E-state index contributed by atoms with van der Waals surface area (Å²) >= 11 is 0. The van der Waals surface area contributed by atoms with Gasteiger partial charge in [-0.05, 0) is 27.1 Å². The molecule has 0 radical (unpaired) electrons. The number of hydrogen-bond acceptors (Lipinski definition) is 4. The van der Waals surface area contributed by atoms with Crippen molar-refractivity contribution in [1.29, 1.82) is 0 Å². The SMILES string of the molecule is Cc1ccn(CC(=O)Nc2cc(CN(C)C)[nH]n2)n1. The van der Waals surface area contributed by atoms with E-state index < -0.39 is 0 Å². The fraction of sp³-hybridized carbons (Fsp3) is 0.417. The van der Waals surface area contributed by atoms with Crippen molar-refractivity contribution in [3.63, 3.8) is 0 Å². The van der Waals surface area contributed by atoms with Crippen molar-refractivity contribution in [2.45, 2.75) is 20.0 Å². The van der Waals surface area contributed by atoms with Crippen LogP contribution in [0.4, 0.5) is 5.82 Å². The van der Waals surface area contributed by atoms with Gasteiger partial charge in [0.15, 0.2) is 5.82 Å². The largest absolute Gasteiger partial charge is 0.308 e. The van der Waals surface area contributed by atoms with Crippen LogP contribution in [0.25, 0.3) is 0 Å². The molecule has 0 aliphatic carbocycles. The van der Waals surface area contributed by atoms with Crippen LogP contribution in [0.2, 0.25) is 0 Å². The zero-order chi connectivity index (χ0) is 13.8. The third-order valence-electron chi connectivity index (χ3n) is 2.46. The molecule has 0 spiro atoms. The lowest BCUT2D eigenvalue weighted by atomic mass is 10.4. The van der Waals surface area contributed by atoms with Gasteiger partial charge in [-0.25, -0.2) is 0 Å². The minimum atomic E-state index is -0.147. The maximum atomic E-state index is 11.8. The van der Waals surface area contributed by atoms with Gasteiger partial charge in [-0.2, -0.15) is 10.2 Å². The highest BCUT2D eigenvalue weighted by molar-refractivity contribution is 5.89. The summed E-state index contributed by atoms with van der Waals surface area (Å²) in [6.07, 6.45) is 1.77. The quantitative estimate of drug-likeness (QED) is 0.827. The Morgan fingerprint density at radius 3 is 2.95 bits per heavy atom. The molecule has 0 saturated heterocycles. The molecular weight excluding hydrogens is 244 g/mol. The van der Waals surface area contributed by atoms with E-state index in [4.69, 9.17) is 0 Å². The monoisotopic (exact) mass is 262 g/mol. The maximum absolute atomic E-state index is 11.8. The number of aromatic amines is 1. The predicted octanol–water partition coefficient (Wildman–Crippen LogP) is 0.615. The van der Waals surface area contributed by atoms with Gasteiger partial charge in [0.05, 0.1) is 11.4 Å². The molecule has 0 unspecified atom stereocenters. The molecule has 2 rings (SSSR count). The highest BCUT2D eigenvalue weighted by Crippen LogP contribution is 2.06. The van der Waals surface area contributed by atoms with Crippen molar-refractivity contribution >= 4 is 11.7 Å². The molecule has 2 aromatic rings. The highest BCUT2D eigenvalue weighted by atomic mass is 16.2. The van der Waals surface area contributed by atoms with Crippen LogP contribution in [0.1, 0.15) is 11.4 Å². The molecule has 2 aromatic heterocycles. The first-order valence-electron chi connectivity index (χ1n) is 6.02. The van der Waals surface area contributed by atoms with Crippen LogP contribution in [0.3, 0.4) is 0 Å². The van der Waals surface area contributed by atoms with Crippen molar-refractivity contribution in [1.82, 2.24) is 24.9 Å². The number of carbonyl (C=O) groups is 1. The van der Waals surface area contributed by atoms with Crippen molar-refractivity contribution in [2.24, 2.45) is 0 Å². The van der Waals surface area contributed by atoms with Gasteiger partial charge < -0.3 is 10.2 Å². The van der Waals surface area contributed by atoms with Crippen molar-refractivity contribution in [3.05, 3.63) is 29.7 Å². The zero-order valence-electron chi connectivity index (χ0n) is 11.3. The summed E-state index contributed by atoms with van der Waals surface area (Å²) in [4.78, 5) is 13.8. The Morgan fingerprint density at radius 2 is 2.32 bits per heavy atom. The molecule has 0 aromatic carbocycles. The van der Waals surface area contributed by atoms with Crippen LogP contribution >= 0.6 is 0 Å². The summed E-state index contributed by atoms with van der Waals surface area (Å²) in [6.45, 7) is 2.82. The van der Waals surface area contributed by atoms with E-state index in [0.29, 0.717) is 5.82 Å². The normalized spacial score (nSPS) is 10.9. The molecule has 0 atom stereocenters. The molecule has 7 nitrogen and oxygen atoms in total. The Kier molecular flexibility index (Phi) is 3.96. The number of H-pyrrole nitrogens is 1. The van der Waals surface area contributed by atoms with E-state index in [2.05, 4.69) is 20.6 Å². The summed E-state index contributed by atoms with van der Waals surface area (Å²) in [5, 5.41) is 13.8. The maximum Gasteiger partial charge on any atom is 0.247 e. The van der Waals surface area contributed by atoms with Crippen LogP contribution in [0.5, 0.6) is 0 Å². The predicted molar refractivity (Wildman–Crippen MR) is 71.6 cm³/mol. The first-order chi connectivity index (χ1) is 9.02. The molecule has 19 heavy (non-hydrogen) atoms. The number of amides is 1. The highest BCUT2D eigenvalue weighted by Gasteiger charge is 2.07. The Labute approximate surface area is 111 Å². The molecule has 0 saturated carbocycles. The van der Waals surface area contributed by atoms with Gasteiger partial charge >= 0.3 is 0 Å².